The Kier molecular flexibility index (Phi) is 6.63. The van der Waals surface area contributed by atoms with Crippen molar-refractivity contribution < 1.29 is 22.7 Å². The second-order valence-corrected chi connectivity index (χ2v) is 8.37. The summed E-state index contributed by atoms with van der Waals surface area (Å²) in [5.74, 6) is 0.0849. The number of hydrogen-bond donors (Lipinski definition) is 1. The molecule has 3 rings (SSSR count). The lowest BCUT2D eigenvalue weighted by atomic mass is 10.2. The minimum absolute atomic E-state index is 0.0849. The van der Waals surface area contributed by atoms with E-state index in [2.05, 4.69) is 4.72 Å². The molecule has 144 valence electrons. The minimum atomic E-state index is -3.55. The van der Waals surface area contributed by atoms with Crippen LogP contribution in [-0.2, 0) is 24.3 Å². The lowest BCUT2D eigenvalue weighted by Crippen LogP contribution is -2.26. The highest BCUT2D eigenvalue weighted by atomic mass is 32.2. The Balaban J connectivity index is 1.41. The van der Waals surface area contributed by atoms with Crippen LogP contribution < -0.4 is 9.62 Å². The fraction of sp³-hybridized carbons (Fsp3) is 0.611. The smallest absolute Gasteiger partial charge is 0.240 e. The third-order valence-electron chi connectivity index (χ3n) is 4.62. The van der Waals surface area contributed by atoms with Crippen LogP contribution in [0.1, 0.15) is 32.1 Å². The fourth-order valence-electron chi connectivity index (χ4n) is 3.18. The van der Waals surface area contributed by atoms with Crippen LogP contribution in [0.3, 0.4) is 0 Å². The van der Waals surface area contributed by atoms with E-state index in [1.165, 1.54) is 12.1 Å². The topological polar surface area (TPSA) is 84.9 Å². The molecule has 1 atom stereocenters. The summed E-state index contributed by atoms with van der Waals surface area (Å²) in [5.41, 5.74) is 0.744. The van der Waals surface area contributed by atoms with Gasteiger partial charge in [0.05, 0.1) is 17.6 Å². The van der Waals surface area contributed by atoms with Crippen LogP contribution in [0.2, 0.25) is 0 Å². The molecular weight excluding hydrogens is 356 g/mol. The number of anilines is 1. The number of sulfonamides is 1. The van der Waals surface area contributed by atoms with Crippen molar-refractivity contribution in [2.24, 2.45) is 0 Å². The first-order chi connectivity index (χ1) is 12.6. The summed E-state index contributed by atoms with van der Waals surface area (Å²) in [4.78, 5) is 13.6. The number of nitrogens with one attached hydrogen (secondary N) is 1. The normalized spacial score (nSPS) is 20.8. The third kappa shape index (κ3) is 5.03. The van der Waals surface area contributed by atoms with Crippen LogP contribution in [-0.4, -0.2) is 53.3 Å². The number of carbonyl (C=O) groups is 1. The molecule has 1 N–H and O–H groups in total. The molecule has 0 spiro atoms. The number of hydrogen-bond acceptors (Lipinski definition) is 5. The van der Waals surface area contributed by atoms with Gasteiger partial charge in [0.2, 0.25) is 15.9 Å². The summed E-state index contributed by atoms with van der Waals surface area (Å²) in [6.45, 7) is 2.88. The number of rotatable bonds is 9. The minimum Gasteiger partial charge on any atom is -0.379 e. The molecule has 1 amide bonds. The van der Waals surface area contributed by atoms with Gasteiger partial charge in [-0.2, -0.15) is 0 Å². The lowest BCUT2D eigenvalue weighted by molar-refractivity contribution is -0.117. The maximum Gasteiger partial charge on any atom is 0.240 e. The van der Waals surface area contributed by atoms with Crippen LogP contribution in [0.25, 0.3) is 0 Å². The summed E-state index contributed by atoms with van der Waals surface area (Å²) in [7, 11) is -3.55. The highest BCUT2D eigenvalue weighted by Crippen LogP contribution is 2.22. The Labute approximate surface area is 154 Å². The third-order valence-corrected chi connectivity index (χ3v) is 6.09. The van der Waals surface area contributed by atoms with E-state index in [0.717, 1.165) is 31.6 Å². The molecule has 2 heterocycles. The standard InChI is InChI=1S/C18H26N2O5S/c21-18-5-1-11-20(18)15-6-8-17(9-7-15)26(22,23)19-10-3-12-24-14-16-4-2-13-25-16/h6-9,16,19H,1-5,10-14H2. The van der Waals surface area contributed by atoms with E-state index in [-0.39, 0.29) is 16.9 Å². The van der Waals surface area contributed by atoms with E-state index in [1.54, 1.807) is 17.0 Å². The van der Waals surface area contributed by atoms with Crippen molar-refractivity contribution in [3.05, 3.63) is 24.3 Å². The number of carbonyl (C=O) groups excluding carboxylic acids is 1. The van der Waals surface area contributed by atoms with Gasteiger partial charge in [-0.1, -0.05) is 0 Å². The van der Waals surface area contributed by atoms with Crippen molar-refractivity contribution in [2.45, 2.75) is 43.1 Å². The van der Waals surface area contributed by atoms with E-state index in [9.17, 15) is 13.2 Å². The van der Waals surface area contributed by atoms with Gasteiger partial charge in [-0.05, 0) is 49.9 Å². The van der Waals surface area contributed by atoms with Crippen molar-refractivity contribution in [2.75, 3.05) is 37.8 Å². The average molecular weight is 382 g/mol. The molecule has 2 saturated heterocycles. The Morgan fingerprint density at radius 1 is 1.23 bits per heavy atom. The summed E-state index contributed by atoms with van der Waals surface area (Å²) in [5, 5.41) is 0. The zero-order valence-electron chi connectivity index (χ0n) is 14.9. The number of amides is 1. The van der Waals surface area contributed by atoms with Crippen LogP contribution >= 0.6 is 0 Å². The molecule has 2 aliphatic rings. The first kappa shape index (κ1) is 19.3. The Morgan fingerprint density at radius 2 is 2.04 bits per heavy atom. The number of ether oxygens (including phenoxy) is 2. The van der Waals surface area contributed by atoms with E-state index in [4.69, 9.17) is 9.47 Å². The van der Waals surface area contributed by atoms with Crippen molar-refractivity contribution in [1.29, 1.82) is 0 Å². The van der Waals surface area contributed by atoms with Gasteiger partial charge in [0.1, 0.15) is 0 Å². The molecule has 7 nitrogen and oxygen atoms in total. The van der Waals surface area contributed by atoms with Gasteiger partial charge < -0.3 is 14.4 Å². The summed E-state index contributed by atoms with van der Waals surface area (Å²) in [6, 6.07) is 6.44. The Hall–Kier alpha value is -1.48. The molecular formula is C18H26N2O5S. The fourth-order valence-corrected chi connectivity index (χ4v) is 4.26. The number of nitrogens with zero attached hydrogens (tertiary/aromatic N) is 1. The van der Waals surface area contributed by atoms with Crippen molar-refractivity contribution in [1.82, 2.24) is 4.72 Å². The van der Waals surface area contributed by atoms with Gasteiger partial charge in [-0.15, -0.1) is 0 Å². The Morgan fingerprint density at radius 3 is 2.69 bits per heavy atom. The maximum atomic E-state index is 12.3. The van der Waals surface area contributed by atoms with Crippen molar-refractivity contribution >= 4 is 21.6 Å². The van der Waals surface area contributed by atoms with Crippen LogP contribution in [0.15, 0.2) is 29.2 Å². The monoisotopic (exact) mass is 382 g/mol. The molecule has 0 saturated carbocycles. The van der Waals surface area contributed by atoms with Gasteiger partial charge in [0.25, 0.3) is 0 Å². The summed E-state index contributed by atoms with van der Waals surface area (Å²) in [6.07, 6.45) is 4.30. The zero-order valence-corrected chi connectivity index (χ0v) is 15.7. The van der Waals surface area contributed by atoms with Crippen LogP contribution in [0.5, 0.6) is 0 Å². The molecule has 1 aromatic carbocycles. The van der Waals surface area contributed by atoms with Gasteiger partial charge in [-0.25, -0.2) is 13.1 Å². The molecule has 2 aliphatic heterocycles. The molecule has 0 bridgehead atoms. The first-order valence-corrected chi connectivity index (χ1v) is 10.6. The molecule has 1 aromatic rings. The predicted octanol–water partition coefficient (Wildman–Crippen LogP) is 1.68. The highest BCUT2D eigenvalue weighted by Gasteiger charge is 2.22. The molecule has 0 radical (unpaired) electrons. The molecule has 0 aromatic heterocycles. The first-order valence-electron chi connectivity index (χ1n) is 9.16. The molecule has 1 unspecified atom stereocenters. The quantitative estimate of drug-likeness (QED) is 0.657. The van der Waals surface area contributed by atoms with E-state index >= 15 is 0 Å². The maximum absolute atomic E-state index is 12.3. The SMILES string of the molecule is O=C1CCCN1c1ccc(S(=O)(=O)NCCCOCC2CCCO2)cc1. The second-order valence-electron chi connectivity index (χ2n) is 6.60. The van der Waals surface area contributed by atoms with Gasteiger partial charge in [-0.3, -0.25) is 4.79 Å². The second kappa shape index (κ2) is 8.94. The number of benzene rings is 1. The molecule has 8 heteroatoms. The van der Waals surface area contributed by atoms with Crippen LogP contribution in [0, 0.1) is 0 Å². The zero-order chi connectivity index (χ0) is 18.4. The summed E-state index contributed by atoms with van der Waals surface area (Å²) < 4.78 is 38.2. The van der Waals surface area contributed by atoms with Gasteiger partial charge in [0.15, 0.2) is 0 Å². The van der Waals surface area contributed by atoms with E-state index in [0.29, 0.717) is 39.1 Å². The lowest BCUT2D eigenvalue weighted by Gasteiger charge is -2.16. The van der Waals surface area contributed by atoms with Gasteiger partial charge in [0, 0.05) is 38.4 Å². The largest absolute Gasteiger partial charge is 0.379 e. The summed E-state index contributed by atoms with van der Waals surface area (Å²) >= 11 is 0. The predicted molar refractivity (Wildman–Crippen MR) is 97.6 cm³/mol. The van der Waals surface area contributed by atoms with E-state index < -0.39 is 10.0 Å². The van der Waals surface area contributed by atoms with Crippen molar-refractivity contribution in [3.63, 3.8) is 0 Å². The molecule has 0 aliphatic carbocycles. The van der Waals surface area contributed by atoms with E-state index in [1.807, 2.05) is 0 Å². The van der Waals surface area contributed by atoms with Gasteiger partial charge >= 0.3 is 0 Å². The average Bonchev–Trinajstić information content (AvgIpc) is 3.29. The van der Waals surface area contributed by atoms with Crippen molar-refractivity contribution in [3.8, 4) is 0 Å². The molecule has 26 heavy (non-hydrogen) atoms. The van der Waals surface area contributed by atoms with Crippen LogP contribution in [0.4, 0.5) is 5.69 Å². The Bertz CT molecular complexity index is 699. The highest BCUT2D eigenvalue weighted by molar-refractivity contribution is 7.89. The molecule has 2 fully saturated rings.